The van der Waals surface area contributed by atoms with Gasteiger partial charge in [-0.25, -0.2) is 0 Å². The topological polar surface area (TPSA) is 69.7 Å². The summed E-state index contributed by atoms with van der Waals surface area (Å²) < 4.78 is 9.97. The lowest BCUT2D eigenvalue weighted by atomic mass is 10.2. The minimum Gasteiger partial charge on any atom is -0.461 e. The SMILES string of the molecule is CC(=O)OCc1ccc(SC(=O)c2ccccc2OC(C)=O)cc1. The number of benzene rings is 2. The second-order valence-electron chi connectivity index (χ2n) is 4.90. The molecular formula is C18H16O5S. The van der Waals surface area contributed by atoms with Gasteiger partial charge in [0.15, 0.2) is 0 Å². The maximum Gasteiger partial charge on any atom is 0.308 e. The van der Waals surface area contributed by atoms with Crippen molar-refractivity contribution in [1.82, 2.24) is 0 Å². The standard InChI is InChI=1S/C18H16O5S/c1-12(19)22-11-14-7-9-15(10-8-14)24-18(21)16-5-3-4-6-17(16)23-13(2)20/h3-10H,11H2,1-2H3. The van der Waals surface area contributed by atoms with Gasteiger partial charge in [0.25, 0.3) is 0 Å². The van der Waals surface area contributed by atoms with E-state index >= 15 is 0 Å². The van der Waals surface area contributed by atoms with Gasteiger partial charge in [0.2, 0.25) is 5.12 Å². The first-order chi connectivity index (χ1) is 11.5. The highest BCUT2D eigenvalue weighted by Crippen LogP contribution is 2.28. The fourth-order valence-corrected chi connectivity index (χ4v) is 2.64. The molecule has 0 aliphatic carbocycles. The summed E-state index contributed by atoms with van der Waals surface area (Å²) in [5.41, 5.74) is 1.17. The summed E-state index contributed by atoms with van der Waals surface area (Å²) in [4.78, 5) is 35.1. The summed E-state index contributed by atoms with van der Waals surface area (Å²) in [6.45, 7) is 2.84. The molecule has 2 rings (SSSR count). The molecule has 6 heteroatoms. The lowest BCUT2D eigenvalue weighted by Crippen LogP contribution is -2.06. The quantitative estimate of drug-likeness (QED) is 0.469. The van der Waals surface area contributed by atoms with Crippen molar-refractivity contribution in [3.63, 3.8) is 0 Å². The first-order valence-electron chi connectivity index (χ1n) is 7.17. The zero-order valence-electron chi connectivity index (χ0n) is 13.3. The van der Waals surface area contributed by atoms with Gasteiger partial charge in [-0.1, -0.05) is 24.3 Å². The summed E-state index contributed by atoms with van der Waals surface area (Å²) in [7, 11) is 0. The van der Waals surface area contributed by atoms with Crippen molar-refractivity contribution >= 4 is 28.8 Å². The first-order valence-corrected chi connectivity index (χ1v) is 7.99. The molecule has 0 atom stereocenters. The van der Waals surface area contributed by atoms with Gasteiger partial charge in [-0.2, -0.15) is 0 Å². The van der Waals surface area contributed by atoms with Crippen LogP contribution in [0.15, 0.2) is 53.4 Å². The monoisotopic (exact) mass is 344 g/mol. The molecule has 0 saturated heterocycles. The molecule has 0 saturated carbocycles. The number of esters is 2. The van der Waals surface area contributed by atoms with E-state index in [0.717, 1.165) is 22.2 Å². The molecule has 124 valence electrons. The van der Waals surface area contributed by atoms with Crippen molar-refractivity contribution in [3.05, 3.63) is 59.7 Å². The predicted molar refractivity (Wildman–Crippen MR) is 89.9 cm³/mol. The number of rotatable bonds is 5. The number of para-hydroxylation sites is 1. The van der Waals surface area contributed by atoms with E-state index in [1.54, 1.807) is 48.5 Å². The Morgan fingerprint density at radius 3 is 2.21 bits per heavy atom. The van der Waals surface area contributed by atoms with Gasteiger partial charge in [-0.3, -0.25) is 14.4 Å². The number of carbonyl (C=O) groups excluding carboxylic acids is 3. The molecule has 0 unspecified atom stereocenters. The third kappa shape index (κ3) is 5.24. The van der Waals surface area contributed by atoms with Crippen LogP contribution in [0.1, 0.15) is 29.8 Å². The Hall–Kier alpha value is -2.60. The van der Waals surface area contributed by atoms with Crippen LogP contribution in [0, 0.1) is 0 Å². The van der Waals surface area contributed by atoms with Crippen LogP contribution in [0.25, 0.3) is 0 Å². The molecule has 0 bridgehead atoms. The van der Waals surface area contributed by atoms with E-state index in [2.05, 4.69) is 0 Å². The molecule has 24 heavy (non-hydrogen) atoms. The van der Waals surface area contributed by atoms with Crippen molar-refractivity contribution in [2.75, 3.05) is 0 Å². The predicted octanol–water partition coefficient (Wildman–Crippen LogP) is 3.61. The zero-order chi connectivity index (χ0) is 17.5. The molecule has 2 aromatic carbocycles. The van der Waals surface area contributed by atoms with Crippen LogP contribution in [0.4, 0.5) is 0 Å². The number of hydrogen-bond acceptors (Lipinski definition) is 6. The Kier molecular flexibility index (Phi) is 6.14. The zero-order valence-corrected chi connectivity index (χ0v) is 14.1. The third-order valence-electron chi connectivity index (χ3n) is 2.94. The summed E-state index contributed by atoms with van der Waals surface area (Å²) in [6, 6.07) is 13.7. The van der Waals surface area contributed by atoms with E-state index in [1.165, 1.54) is 13.8 Å². The fourth-order valence-electron chi connectivity index (χ4n) is 1.88. The molecule has 0 heterocycles. The maximum absolute atomic E-state index is 12.4. The number of thioether (sulfide) groups is 1. The summed E-state index contributed by atoms with van der Waals surface area (Å²) in [5.74, 6) is -0.574. The van der Waals surface area contributed by atoms with Gasteiger partial charge in [0, 0.05) is 18.7 Å². The van der Waals surface area contributed by atoms with E-state index in [0.29, 0.717) is 5.56 Å². The number of ether oxygens (including phenoxy) is 2. The van der Waals surface area contributed by atoms with Crippen molar-refractivity contribution in [3.8, 4) is 5.75 Å². The highest BCUT2D eigenvalue weighted by Gasteiger charge is 2.15. The van der Waals surface area contributed by atoms with Crippen LogP contribution >= 0.6 is 11.8 Å². The van der Waals surface area contributed by atoms with Crippen LogP contribution in [0.5, 0.6) is 5.75 Å². The van der Waals surface area contributed by atoms with E-state index in [1.807, 2.05) is 0 Å². The normalized spacial score (nSPS) is 10.1. The molecule has 0 aliphatic heterocycles. The summed E-state index contributed by atoms with van der Waals surface area (Å²) in [6.07, 6.45) is 0. The van der Waals surface area contributed by atoms with Gasteiger partial charge in [0.05, 0.1) is 5.56 Å². The summed E-state index contributed by atoms with van der Waals surface area (Å²) >= 11 is 1.03. The Bertz CT molecular complexity index is 752. The number of hydrogen-bond donors (Lipinski definition) is 0. The molecule has 0 spiro atoms. The van der Waals surface area contributed by atoms with Gasteiger partial charge < -0.3 is 9.47 Å². The largest absolute Gasteiger partial charge is 0.461 e. The van der Waals surface area contributed by atoms with Crippen molar-refractivity contribution in [1.29, 1.82) is 0 Å². The summed E-state index contributed by atoms with van der Waals surface area (Å²) in [5, 5.41) is -0.223. The van der Waals surface area contributed by atoms with E-state index in [4.69, 9.17) is 9.47 Å². The molecule has 0 amide bonds. The average Bonchev–Trinajstić information content (AvgIpc) is 2.54. The minimum absolute atomic E-state index is 0.198. The molecule has 5 nitrogen and oxygen atoms in total. The average molecular weight is 344 g/mol. The highest BCUT2D eigenvalue weighted by molar-refractivity contribution is 8.14. The molecule has 2 aromatic rings. The van der Waals surface area contributed by atoms with Gasteiger partial charge in [-0.05, 0) is 41.6 Å². The Morgan fingerprint density at radius 2 is 1.58 bits per heavy atom. The number of carbonyl (C=O) groups is 3. The Labute approximate surface area is 144 Å². The van der Waals surface area contributed by atoms with Crippen LogP contribution in [0.3, 0.4) is 0 Å². The molecular weight excluding hydrogens is 328 g/mol. The van der Waals surface area contributed by atoms with Crippen molar-refractivity contribution in [2.45, 2.75) is 25.3 Å². The van der Waals surface area contributed by atoms with Crippen molar-refractivity contribution in [2.24, 2.45) is 0 Å². The molecule has 0 radical (unpaired) electrons. The first kappa shape index (κ1) is 17.7. The van der Waals surface area contributed by atoms with Crippen molar-refractivity contribution < 1.29 is 23.9 Å². The fraction of sp³-hybridized carbons (Fsp3) is 0.167. The van der Waals surface area contributed by atoms with Gasteiger partial charge >= 0.3 is 11.9 Å². The Morgan fingerprint density at radius 1 is 0.917 bits per heavy atom. The highest BCUT2D eigenvalue weighted by atomic mass is 32.2. The van der Waals surface area contributed by atoms with E-state index in [9.17, 15) is 14.4 Å². The van der Waals surface area contributed by atoms with Gasteiger partial charge in [-0.15, -0.1) is 0 Å². The minimum atomic E-state index is -0.477. The molecule has 0 aliphatic rings. The molecule has 0 N–H and O–H groups in total. The van der Waals surface area contributed by atoms with E-state index in [-0.39, 0.29) is 23.4 Å². The van der Waals surface area contributed by atoms with E-state index < -0.39 is 5.97 Å². The van der Waals surface area contributed by atoms with Crippen LogP contribution < -0.4 is 4.74 Å². The maximum atomic E-state index is 12.4. The smallest absolute Gasteiger partial charge is 0.308 e. The molecule has 0 fully saturated rings. The van der Waals surface area contributed by atoms with Gasteiger partial charge in [0.1, 0.15) is 12.4 Å². The second kappa shape index (κ2) is 8.31. The molecule has 0 aromatic heterocycles. The third-order valence-corrected chi connectivity index (χ3v) is 3.85. The lowest BCUT2D eigenvalue weighted by molar-refractivity contribution is -0.142. The second-order valence-corrected chi connectivity index (χ2v) is 5.95. The van der Waals surface area contributed by atoms with Crippen LogP contribution in [-0.4, -0.2) is 17.1 Å². The van der Waals surface area contributed by atoms with Crippen LogP contribution in [-0.2, 0) is 20.9 Å². The van der Waals surface area contributed by atoms with Crippen LogP contribution in [0.2, 0.25) is 0 Å². The lowest BCUT2D eigenvalue weighted by Gasteiger charge is -2.08. The Balaban J connectivity index is 2.07.